The van der Waals surface area contributed by atoms with Gasteiger partial charge in [0.2, 0.25) is 0 Å². The van der Waals surface area contributed by atoms with E-state index in [-0.39, 0.29) is 23.9 Å². The van der Waals surface area contributed by atoms with Gasteiger partial charge in [-0.25, -0.2) is 9.18 Å². The molecular formula is C28H25FN4O2S. The summed E-state index contributed by atoms with van der Waals surface area (Å²) in [6.07, 6.45) is 1.75. The number of aryl methyl sites for hydroxylation is 1. The molecule has 0 radical (unpaired) electrons. The molecule has 1 fully saturated rings. The van der Waals surface area contributed by atoms with Crippen molar-refractivity contribution in [1.82, 2.24) is 14.9 Å². The molecule has 0 unspecified atom stereocenters. The van der Waals surface area contributed by atoms with E-state index in [1.807, 2.05) is 49.1 Å². The fourth-order valence-electron chi connectivity index (χ4n) is 4.93. The van der Waals surface area contributed by atoms with Crippen LogP contribution >= 0.6 is 12.2 Å². The van der Waals surface area contributed by atoms with Crippen LogP contribution in [0, 0.1) is 19.7 Å². The van der Waals surface area contributed by atoms with Crippen LogP contribution in [0.5, 0.6) is 0 Å². The number of carbonyl (C=O) groups is 1. The zero-order valence-electron chi connectivity index (χ0n) is 20.1. The Bertz CT molecular complexity index is 1440. The van der Waals surface area contributed by atoms with Crippen molar-refractivity contribution in [2.75, 3.05) is 12.0 Å². The van der Waals surface area contributed by atoms with Crippen LogP contribution in [0.4, 0.5) is 10.1 Å². The number of nitrogens with one attached hydrogen (secondary N) is 1. The van der Waals surface area contributed by atoms with Gasteiger partial charge in [-0.3, -0.25) is 4.98 Å². The van der Waals surface area contributed by atoms with E-state index < -0.39 is 0 Å². The molecule has 182 valence electrons. The molecule has 3 heterocycles. The number of thiocarbonyl (C=S) groups is 1. The van der Waals surface area contributed by atoms with E-state index in [9.17, 15) is 4.79 Å². The van der Waals surface area contributed by atoms with Gasteiger partial charge in [0.25, 0.3) is 0 Å². The lowest BCUT2D eigenvalue weighted by Gasteiger charge is -2.28. The third kappa shape index (κ3) is 4.03. The van der Waals surface area contributed by atoms with Gasteiger partial charge in [-0.05, 0) is 86.2 Å². The third-order valence-corrected chi connectivity index (χ3v) is 6.86. The number of esters is 1. The summed E-state index contributed by atoms with van der Waals surface area (Å²) in [6.45, 7) is 4.06. The molecule has 0 spiro atoms. The summed E-state index contributed by atoms with van der Waals surface area (Å²) in [4.78, 5) is 18.3. The molecule has 0 amide bonds. The molecule has 36 heavy (non-hydrogen) atoms. The summed E-state index contributed by atoms with van der Waals surface area (Å²) < 4.78 is 22.0. The second kappa shape index (κ2) is 9.54. The van der Waals surface area contributed by atoms with Crippen LogP contribution in [0.2, 0.25) is 0 Å². The van der Waals surface area contributed by atoms with E-state index in [1.54, 1.807) is 36.5 Å². The van der Waals surface area contributed by atoms with Crippen LogP contribution in [0.25, 0.3) is 5.69 Å². The number of pyridine rings is 1. The number of benzene rings is 2. The van der Waals surface area contributed by atoms with Crippen molar-refractivity contribution in [2.45, 2.75) is 25.9 Å². The maximum absolute atomic E-state index is 15.0. The molecule has 1 aliphatic rings. The third-order valence-electron chi connectivity index (χ3n) is 6.55. The van der Waals surface area contributed by atoms with Gasteiger partial charge in [-0.15, -0.1) is 0 Å². The number of hydrogen-bond acceptors (Lipinski definition) is 4. The molecule has 8 heteroatoms. The Kier molecular flexibility index (Phi) is 6.28. The molecule has 0 aliphatic carbocycles. The standard InChI is InChI=1S/C28H25FN4O2S/c1-17-16-21(18(2)32(17)20-13-11-19(12-14-20)27(34)35-3)26-25(23-9-6-7-15-30-23)31-28(36)33(26)24-10-5-4-8-22(24)29/h4-16,25-26H,1-3H3,(H,31,36)/t25-,26-/m0/s1. The summed E-state index contributed by atoms with van der Waals surface area (Å²) >= 11 is 5.73. The van der Waals surface area contributed by atoms with Gasteiger partial charge < -0.3 is 19.5 Å². The van der Waals surface area contributed by atoms with E-state index in [0.29, 0.717) is 16.4 Å². The van der Waals surface area contributed by atoms with Crippen molar-refractivity contribution >= 4 is 29.0 Å². The Labute approximate surface area is 214 Å². The predicted octanol–water partition coefficient (Wildman–Crippen LogP) is 5.59. The minimum Gasteiger partial charge on any atom is -0.465 e. The van der Waals surface area contributed by atoms with Crippen molar-refractivity contribution in [2.24, 2.45) is 0 Å². The molecule has 5 rings (SSSR count). The normalized spacial score (nSPS) is 17.2. The van der Waals surface area contributed by atoms with Crippen LogP contribution < -0.4 is 10.2 Å². The average molecular weight is 501 g/mol. The maximum Gasteiger partial charge on any atom is 0.337 e. The lowest BCUT2D eigenvalue weighted by molar-refractivity contribution is 0.0600. The van der Waals surface area contributed by atoms with Crippen LogP contribution in [-0.4, -0.2) is 27.7 Å². The van der Waals surface area contributed by atoms with Gasteiger partial charge in [0.15, 0.2) is 5.11 Å². The number of halogens is 1. The van der Waals surface area contributed by atoms with Gasteiger partial charge in [-0.2, -0.15) is 0 Å². The fourth-order valence-corrected chi connectivity index (χ4v) is 5.27. The molecule has 6 nitrogen and oxygen atoms in total. The molecule has 2 atom stereocenters. The van der Waals surface area contributed by atoms with Gasteiger partial charge in [-0.1, -0.05) is 18.2 Å². The topological polar surface area (TPSA) is 59.4 Å². The largest absolute Gasteiger partial charge is 0.465 e. The molecule has 2 aromatic heterocycles. The quantitative estimate of drug-likeness (QED) is 0.285. The van der Waals surface area contributed by atoms with Gasteiger partial charge in [0, 0.05) is 23.3 Å². The highest BCUT2D eigenvalue weighted by Crippen LogP contribution is 2.44. The highest BCUT2D eigenvalue weighted by molar-refractivity contribution is 7.80. The zero-order valence-corrected chi connectivity index (χ0v) is 20.9. The Balaban J connectivity index is 1.64. The van der Waals surface area contributed by atoms with E-state index in [2.05, 4.69) is 20.9 Å². The summed E-state index contributed by atoms with van der Waals surface area (Å²) in [6, 6.07) is 21.1. The van der Waals surface area contributed by atoms with Gasteiger partial charge in [0.05, 0.1) is 36.1 Å². The van der Waals surface area contributed by atoms with E-state index in [1.165, 1.54) is 13.2 Å². The van der Waals surface area contributed by atoms with Crippen molar-refractivity contribution in [3.63, 3.8) is 0 Å². The van der Waals surface area contributed by atoms with Crippen LogP contribution in [0.3, 0.4) is 0 Å². The number of nitrogens with zero attached hydrogens (tertiary/aromatic N) is 3. The summed E-state index contributed by atoms with van der Waals surface area (Å²) in [5.74, 6) is -0.729. The van der Waals surface area contributed by atoms with E-state index in [0.717, 1.165) is 28.3 Å². The molecule has 1 aliphatic heterocycles. The lowest BCUT2D eigenvalue weighted by Crippen LogP contribution is -2.30. The molecule has 1 N–H and O–H groups in total. The molecule has 4 aromatic rings. The first-order chi connectivity index (χ1) is 17.4. The van der Waals surface area contributed by atoms with Crippen molar-refractivity contribution < 1.29 is 13.9 Å². The van der Waals surface area contributed by atoms with E-state index >= 15 is 4.39 Å². The number of aromatic nitrogens is 2. The van der Waals surface area contributed by atoms with Crippen molar-refractivity contribution in [1.29, 1.82) is 0 Å². The Morgan fingerprint density at radius 3 is 2.44 bits per heavy atom. The molecule has 0 saturated carbocycles. The number of hydrogen-bond donors (Lipinski definition) is 1. The number of ether oxygens (including phenoxy) is 1. The van der Waals surface area contributed by atoms with Gasteiger partial charge >= 0.3 is 5.97 Å². The molecule has 2 aromatic carbocycles. The smallest absolute Gasteiger partial charge is 0.337 e. The molecule has 0 bridgehead atoms. The number of rotatable bonds is 5. The minimum absolute atomic E-state index is 0.283. The highest BCUT2D eigenvalue weighted by Gasteiger charge is 2.43. The van der Waals surface area contributed by atoms with E-state index in [4.69, 9.17) is 17.0 Å². The summed E-state index contributed by atoms with van der Waals surface area (Å²) in [5, 5.41) is 3.82. The Morgan fingerprint density at radius 1 is 1.06 bits per heavy atom. The number of anilines is 1. The number of methoxy groups -OCH3 is 1. The Morgan fingerprint density at radius 2 is 1.78 bits per heavy atom. The summed E-state index contributed by atoms with van der Waals surface area (Å²) in [7, 11) is 1.36. The first-order valence-corrected chi connectivity index (χ1v) is 11.9. The first kappa shape index (κ1) is 23.7. The number of carbonyl (C=O) groups excluding carboxylic acids is 1. The molecule has 1 saturated heterocycles. The molecular weight excluding hydrogens is 475 g/mol. The van der Waals surface area contributed by atoms with Crippen LogP contribution in [-0.2, 0) is 4.74 Å². The summed E-state index contributed by atoms with van der Waals surface area (Å²) in [5.41, 5.74) is 5.59. The second-order valence-electron chi connectivity index (χ2n) is 8.65. The van der Waals surface area contributed by atoms with Crippen molar-refractivity contribution in [3.05, 3.63) is 113 Å². The fraction of sp³-hybridized carbons (Fsp3) is 0.179. The lowest BCUT2D eigenvalue weighted by atomic mass is 9.96. The minimum atomic E-state index is -0.382. The monoisotopic (exact) mass is 500 g/mol. The SMILES string of the molecule is COC(=O)c1ccc(-n2c(C)cc([C@H]3[C@H](c4ccccn4)NC(=S)N3c3ccccc3F)c2C)cc1. The number of para-hydroxylation sites is 1. The Hall–Kier alpha value is -4.04. The predicted molar refractivity (Wildman–Crippen MR) is 141 cm³/mol. The highest BCUT2D eigenvalue weighted by atomic mass is 32.1. The van der Waals surface area contributed by atoms with Crippen molar-refractivity contribution in [3.8, 4) is 5.69 Å². The van der Waals surface area contributed by atoms with Crippen LogP contribution in [0.15, 0.2) is 79.0 Å². The second-order valence-corrected chi connectivity index (χ2v) is 9.04. The zero-order chi connectivity index (χ0) is 25.4. The van der Waals surface area contributed by atoms with Crippen LogP contribution in [0.1, 0.15) is 45.1 Å². The van der Waals surface area contributed by atoms with Gasteiger partial charge in [0.1, 0.15) is 5.82 Å². The maximum atomic E-state index is 15.0. The first-order valence-electron chi connectivity index (χ1n) is 11.5. The average Bonchev–Trinajstić information content (AvgIpc) is 3.39.